The van der Waals surface area contributed by atoms with Crippen LogP contribution in [0.25, 0.3) is 0 Å². The lowest BCUT2D eigenvalue weighted by molar-refractivity contribution is -0.116. The minimum atomic E-state index is -0.191. The molecule has 0 saturated carbocycles. The van der Waals surface area contributed by atoms with Crippen LogP contribution in [0.5, 0.6) is 0 Å². The van der Waals surface area contributed by atoms with E-state index in [9.17, 15) is 9.59 Å². The summed E-state index contributed by atoms with van der Waals surface area (Å²) in [6.07, 6.45) is 2.70. The molecule has 5 nitrogen and oxygen atoms in total. The van der Waals surface area contributed by atoms with E-state index in [-0.39, 0.29) is 17.9 Å². The molecule has 1 aliphatic heterocycles. The smallest absolute Gasteiger partial charge is 0.251 e. The van der Waals surface area contributed by atoms with Gasteiger partial charge in [0, 0.05) is 17.7 Å². The number of aryl methyl sites for hydroxylation is 1. The average molecular weight is 284 g/mol. The SMILES string of the molecule is CC(NC(=O)c1ccc2c(c1)CCC(=O)N2)c1ccco1. The van der Waals surface area contributed by atoms with Gasteiger partial charge in [-0.2, -0.15) is 0 Å². The fourth-order valence-corrected chi connectivity index (χ4v) is 2.41. The van der Waals surface area contributed by atoms with Crippen molar-refractivity contribution in [2.24, 2.45) is 0 Å². The number of furan rings is 1. The number of amides is 2. The zero-order valence-corrected chi connectivity index (χ0v) is 11.7. The molecular formula is C16H16N2O3. The highest BCUT2D eigenvalue weighted by Crippen LogP contribution is 2.24. The predicted octanol–water partition coefficient (Wildman–Crippen LogP) is 2.66. The highest BCUT2D eigenvalue weighted by molar-refractivity contribution is 5.98. The van der Waals surface area contributed by atoms with E-state index >= 15 is 0 Å². The number of benzene rings is 1. The Labute approximate surface area is 122 Å². The lowest BCUT2D eigenvalue weighted by Crippen LogP contribution is -2.27. The molecule has 0 spiro atoms. The van der Waals surface area contributed by atoms with E-state index in [2.05, 4.69) is 10.6 Å². The zero-order chi connectivity index (χ0) is 14.8. The van der Waals surface area contributed by atoms with Crippen LogP contribution in [0.1, 0.15) is 41.1 Å². The van der Waals surface area contributed by atoms with Crippen LogP contribution >= 0.6 is 0 Å². The zero-order valence-electron chi connectivity index (χ0n) is 11.7. The summed E-state index contributed by atoms with van der Waals surface area (Å²) < 4.78 is 5.27. The monoisotopic (exact) mass is 284 g/mol. The lowest BCUT2D eigenvalue weighted by Gasteiger charge is -2.18. The number of anilines is 1. The van der Waals surface area contributed by atoms with Crippen molar-refractivity contribution in [1.82, 2.24) is 5.32 Å². The van der Waals surface area contributed by atoms with Crippen molar-refractivity contribution in [1.29, 1.82) is 0 Å². The van der Waals surface area contributed by atoms with Gasteiger partial charge < -0.3 is 15.1 Å². The second kappa shape index (κ2) is 5.44. The molecule has 0 bridgehead atoms. The summed E-state index contributed by atoms with van der Waals surface area (Å²) in [7, 11) is 0. The van der Waals surface area contributed by atoms with E-state index in [1.54, 1.807) is 24.5 Å². The van der Waals surface area contributed by atoms with Crippen LogP contribution in [0.4, 0.5) is 5.69 Å². The summed E-state index contributed by atoms with van der Waals surface area (Å²) in [5.74, 6) is 0.582. The molecule has 1 unspecified atom stereocenters. The van der Waals surface area contributed by atoms with Gasteiger partial charge in [-0.15, -0.1) is 0 Å². The Hall–Kier alpha value is -2.56. The molecule has 1 aromatic heterocycles. The summed E-state index contributed by atoms with van der Waals surface area (Å²) in [4.78, 5) is 23.6. The number of rotatable bonds is 3. The van der Waals surface area contributed by atoms with Gasteiger partial charge in [-0.3, -0.25) is 9.59 Å². The number of carbonyl (C=O) groups excluding carboxylic acids is 2. The molecule has 0 fully saturated rings. The Morgan fingerprint density at radius 1 is 1.33 bits per heavy atom. The Morgan fingerprint density at radius 3 is 2.95 bits per heavy atom. The normalized spacial score (nSPS) is 15.0. The summed E-state index contributed by atoms with van der Waals surface area (Å²) >= 11 is 0. The quantitative estimate of drug-likeness (QED) is 0.910. The molecule has 1 atom stereocenters. The highest BCUT2D eigenvalue weighted by atomic mass is 16.3. The van der Waals surface area contributed by atoms with Gasteiger partial charge in [-0.25, -0.2) is 0 Å². The van der Waals surface area contributed by atoms with Crippen molar-refractivity contribution in [3.63, 3.8) is 0 Å². The average Bonchev–Trinajstić information content (AvgIpc) is 3.01. The maximum absolute atomic E-state index is 12.3. The maximum Gasteiger partial charge on any atom is 0.251 e. The molecule has 3 rings (SSSR count). The molecule has 108 valence electrons. The largest absolute Gasteiger partial charge is 0.467 e. The van der Waals surface area contributed by atoms with Crippen LogP contribution in [0, 0.1) is 0 Å². The van der Waals surface area contributed by atoms with Gasteiger partial charge in [0.2, 0.25) is 5.91 Å². The standard InChI is InChI=1S/C16H16N2O3/c1-10(14-3-2-8-21-14)17-16(20)12-4-6-13-11(9-12)5-7-15(19)18-13/h2-4,6,8-10H,5,7H2,1H3,(H,17,20)(H,18,19). The molecule has 5 heteroatoms. The number of hydrogen-bond acceptors (Lipinski definition) is 3. The molecule has 0 radical (unpaired) electrons. The van der Waals surface area contributed by atoms with Gasteiger partial charge in [-0.1, -0.05) is 0 Å². The summed E-state index contributed by atoms with van der Waals surface area (Å²) in [6.45, 7) is 1.87. The first-order valence-corrected chi connectivity index (χ1v) is 6.90. The van der Waals surface area contributed by atoms with E-state index in [4.69, 9.17) is 4.42 Å². The van der Waals surface area contributed by atoms with Crippen molar-refractivity contribution >= 4 is 17.5 Å². The predicted molar refractivity (Wildman–Crippen MR) is 78.0 cm³/mol. The fourth-order valence-electron chi connectivity index (χ4n) is 2.41. The van der Waals surface area contributed by atoms with Crippen LogP contribution in [-0.2, 0) is 11.2 Å². The minimum Gasteiger partial charge on any atom is -0.467 e. The number of nitrogens with one attached hydrogen (secondary N) is 2. The molecule has 2 heterocycles. The van der Waals surface area contributed by atoms with Crippen LogP contribution in [0.15, 0.2) is 41.0 Å². The molecule has 2 N–H and O–H groups in total. The Balaban J connectivity index is 1.75. The van der Waals surface area contributed by atoms with E-state index in [1.807, 2.05) is 19.1 Å². The third kappa shape index (κ3) is 2.81. The molecular weight excluding hydrogens is 268 g/mol. The Morgan fingerprint density at radius 2 is 2.19 bits per heavy atom. The van der Waals surface area contributed by atoms with Crippen LogP contribution in [0.3, 0.4) is 0 Å². The summed E-state index contributed by atoms with van der Waals surface area (Å²) in [5.41, 5.74) is 2.37. The Kier molecular flexibility index (Phi) is 3.48. The van der Waals surface area contributed by atoms with Gasteiger partial charge in [-0.05, 0) is 49.2 Å². The van der Waals surface area contributed by atoms with Crippen molar-refractivity contribution in [3.8, 4) is 0 Å². The van der Waals surface area contributed by atoms with Gasteiger partial charge in [0.1, 0.15) is 5.76 Å². The number of carbonyl (C=O) groups is 2. The summed E-state index contributed by atoms with van der Waals surface area (Å²) in [5, 5.41) is 5.70. The van der Waals surface area contributed by atoms with E-state index < -0.39 is 0 Å². The third-order valence-electron chi connectivity index (χ3n) is 3.58. The first-order chi connectivity index (χ1) is 10.1. The fraction of sp³-hybridized carbons (Fsp3) is 0.250. The van der Waals surface area contributed by atoms with Gasteiger partial charge in [0.25, 0.3) is 5.91 Å². The van der Waals surface area contributed by atoms with E-state index in [0.717, 1.165) is 11.3 Å². The Bertz CT molecular complexity index is 677. The molecule has 2 aromatic rings. The second-order valence-corrected chi connectivity index (χ2v) is 5.13. The molecule has 21 heavy (non-hydrogen) atoms. The molecule has 0 aliphatic carbocycles. The number of fused-ring (bicyclic) bond motifs is 1. The van der Waals surface area contributed by atoms with Crippen LogP contribution in [-0.4, -0.2) is 11.8 Å². The van der Waals surface area contributed by atoms with Crippen molar-refractivity contribution in [2.45, 2.75) is 25.8 Å². The van der Waals surface area contributed by atoms with Crippen LogP contribution < -0.4 is 10.6 Å². The topological polar surface area (TPSA) is 71.3 Å². The lowest BCUT2D eigenvalue weighted by atomic mass is 10.00. The first kappa shape index (κ1) is 13.4. The molecule has 0 saturated heterocycles. The van der Waals surface area contributed by atoms with E-state index in [0.29, 0.717) is 24.2 Å². The van der Waals surface area contributed by atoms with Gasteiger partial charge in [0.15, 0.2) is 0 Å². The van der Waals surface area contributed by atoms with E-state index in [1.165, 1.54) is 0 Å². The van der Waals surface area contributed by atoms with Crippen molar-refractivity contribution in [3.05, 3.63) is 53.5 Å². The highest BCUT2D eigenvalue weighted by Gasteiger charge is 2.18. The van der Waals surface area contributed by atoms with Gasteiger partial charge in [0.05, 0.1) is 12.3 Å². The summed E-state index contributed by atoms with van der Waals surface area (Å²) in [6, 6.07) is 8.75. The minimum absolute atomic E-state index is 0.0196. The first-order valence-electron chi connectivity index (χ1n) is 6.90. The van der Waals surface area contributed by atoms with Crippen LogP contribution in [0.2, 0.25) is 0 Å². The molecule has 1 aromatic carbocycles. The maximum atomic E-state index is 12.3. The molecule has 2 amide bonds. The van der Waals surface area contributed by atoms with Crippen molar-refractivity contribution < 1.29 is 14.0 Å². The molecule has 1 aliphatic rings. The number of hydrogen-bond donors (Lipinski definition) is 2. The second-order valence-electron chi connectivity index (χ2n) is 5.13. The van der Waals surface area contributed by atoms with Crippen molar-refractivity contribution in [2.75, 3.05) is 5.32 Å². The van der Waals surface area contributed by atoms with Gasteiger partial charge >= 0.3 is 0 Å². The third-order valence-corrected chi connectivity index (χ3v) is 3.58.